The van der Waals surface area contributed by atoms with Crippen LogP contribution < -0.4 is 10.5 Å². The molecule has 8 nitrogen and oxygen atoms in total. The first-order valence-corrected chi connectivity index (χ1v) is 12.0. The van der Waals surface area contributed by atoms with Gasteiger partial charge in [0.1, 0.15) is 36.6 Å². The predicted molar refractivity (Wildman–Crippen MR) is 117 cm³/mol. The first kappa shape index (κ1) is 20.8. The molecule has 1 saturated heterocycles. The summed E-state index contributed by atoms with van der Waals surface area (Å²) in [5, 5.41) is 11.0. The Morgan fingerprint density at radius 2 is 2.03 bits per heavy atom. The topological polar surface area (TPSA) is 111 Å². The smallest absolute Gasteiger partial charge is 0.246 e. The van der Waals surface area contributed by atoms with E-state index >= 15 is 0 Å². The molecule has 166 valence electrons. The van der Waals surface area contributed by atoms with Gasteiger partial charge in [-0.25, -0.2) is 14.5 Å². The van der Waals surface area contributed by atoms with E-state index in [1.165, 1.54) is 10.6 Å². The Bertz CT molecular complexity index is 1000. The second-order valence-electron chi connectivity index (χ2n) is 8.67. The van der Waals surface area contributed by atoms with E-state index in [1.807, 2.05) is 0 Å². The zero-order valence-electron chi connectivity index (χ0n) is 17.6. The number of thiophene rings is 1. The Kier molecular flexibility index (Phi) is 5.90. The highest BCUT2D eigenvalue weighted by atomic mass is 32.1. The molecule has 2 atom stereocenters. The highest BCUT2D eigenvalue weighted by Gasteiger charge is 2.33. The summed E-state index contributed by atoms with van der Waals surface area (Å²) in [5.74, 6) is 0.0465. The van der Waals surface area contributed by atoms with Crippen molar-refractivity contribution < 1.29 is 24.0 Å². The summed E-state index contributed by atoms with van der Waals surface area (Å²) in [7, 11) is 0. The molecule has 9 heteroatoms. The Hall–Kier alpha value is -2.10. The fourth-order valence-electron chi connectivity index (χ4n) is 5.15. The highest BCUT2D eigenvalue weighted by molar-refractivity contribution is 7.19. The second-order valence-corrected chi connectivity index (χ2v) is 9.75. The number of nitrogens with two attached hydrogens (primary N) is 1. The molecule has 3 N–H and O–H groups in total. The molecule has 1 saturated carbocycles. The minimum absolute atomic E-state index is 0.0761. The number of fused-ring (bicyclic) bond motifs is 3. The van der Waals surface area contributed by atoms with Crippen molar-refractivity contribution in [2.75, 3.05) is 26.3 Å². The molecule has 5 rings (SSSR count). The third-order valence-corrected chi connectivity index (χ3v) is 7.95. The normalized spacial score (nSPS) is 24.9. The van der Waals surface area contributed by atoms with Crippen LogP contribution in [0.2, 0.25) is 0 Å². The van der Waals surface area contributed by atoms with Gasteiger partial charge in [0, 0.05) is 17.7 Å². The van der Waals surface area contributed by atoms with E-state index in [9.17, 15) is 9.90 Å². The molecule has 0 aromatic carbocycles. The summed E-state index contributed by atoms with van der Waals surface area (Å²) in [4.78, 5) is 22.5. The summed E-state index contributed by atoms with van der Waals surface area (Å²) >= 11 is 1.67. The van der Waals surface area contributed by atoms with Gasteiger partial charge in [-0.15, -0.1) is 11.3 Å². The molecule has 2 aromatic heterocycles. The van der Waals surface area contributed by atoms with Crippen molar-refractivity contribution in [3.05, 3.63) is 16.8 Å². The van der Waals surface area contributed by atoms with E-state index in [1.54, 1.807) is 17.7 Å². The lowest BCUT2D eigenvalue weighted by molar-refractivity contribution is -0.551. The SMILES string of the molecule is NC(=O)C(O)CC1CCc2sc3ncnc(OC4CCC(=[N+]5CCOCC5)CC4)c3c21. The fraction of sp³-hybridized carbons (Fsp3) is 0.636. The van der Waals surface area contributed by atoms with Crippen LogP contribution in [-0.4, -0.2) is 69.8 Å². The minimum atomic E-state index is -1.13. The summed E-state index contributed by atoms with van der Waals surface area (Å²) in [5.41, 5.74) is 7.96. The van der Waals surface area contributed by atoms with Crippen LogP contribution >= 0.6 is 11.3 Å². The Labute approximate surface area is 185 Å². The number of carbonyl (C=O) groups excluding carboxylic acids is 1. The monoisotopic (exact) mass is 445 g/mol. The number of ether oxygens (including phenoxy) is 2. The average Bonchev–Trinajstić information content (AvgIpc) is 3.35. The highest BCUT2D eigenvalue weighted by Crippen LogP contribution is 2.47. The summed E-state index contributed by atoms with van der Waals surface area (Å²) in [6.07, 6.45) is 6.80. The summed E-state index contributed by atoms with van der Waals surface area (Å²) < 4.78 is 14.4. The molecule has 2 aliphatic carbocycles. The van der Waals surface area contributed by atoms with E-state index in [0.29, 0.717) is 12.3 Å². The lowest BCUT2D eigenvalue weighted by atomic mass is 9.94. The molecule has 2 fully saturated rings. The molecular formula is C22H29N4O4S+. The van der Waals surface area contributed by atoms with Gasteiger partial charge in [0.05, 0.1) is 5.39 Å². The van der Waals surface area contributed by atoms with Gasteiger partial charge in [0.25, 0.3) is 0 Å². The molecule has 0 radical (unpaired) electrons. The number of nitrogens with zero attached hydrogens (tertiary/aromatic N) is 3. The van der Waals surface area contributed by atoms with Gasteiger partial charge in [-0.1, -0.05) is 0 Å². The average molecular weight is 446 g/mol. The first-order valence-electron chi connectivity index (χ1n) is 11.2. The summed E-state index contributed by atoms with van der Waals surface area (Å²) in [6, 6.07) is 0. The molecular weight excluding hydrogens is 416 g/mol. The number of morpholine rings is 1. The van der Waals surface area contributed by atoms with Gasteiger partial charge < -0.3 is 20.3 Å². The summed E-state index contributed by atoms with van der Waals surface area (Å²) in [6.45, 7) is 3.62. The third-order valence-electron chi connectivity index (χ3n) is 6.78. The van der Waals surface area contributed by atoms with Crippen molar-refractivity contribution in [2.45, 2.75) is 63.1 Å². The lowest BCUT2D eigenvalue weighted by Crippen LogP contribution is -2.36. The number of hydrogen-bond acceptors (Lipinski definition) is 7. The quantitative estimate of drug-likeness (QED) is 0.679. The number of primary amides is 1. The Morgan fingerprint density at radius 1 is 1.26 bits per heavy atom. The van der Waals surface area contributed by atoms with E-state index in [2.05, 4.69) is 14.5 Å². The maximum atomic E-state index is 11.4. The molecule has 1 amide bonds. The van der Waals surface area contributed by atoms with Crippen molar-refractivity contribution >= 4 is 33.2 Å². The first-order chi connectivity index (χ1) is 15.1. The van der Waals surface area contributed by atoms with Crippen molar-refractivity contribution in [1.82, 2.24) is 9.97 Å². The maximum absolute atomic E-state index is 11.4. The van der Waals surface area contributed by atoms with E-state index < -0.39 is 12.0 Å². The van der Waals surface area contributed by atoms with Crippen molar-refractivity contribution in [3.63, 3.8) is 0 Å². The van der Waals surface area contributed by atoms with Crippen LogP contribution in [0, 0.1) is 0 Å². The van der Waals surface area contributed by atoms with E-state index in [4.69, 9.17) is 15.2 Å². The van der Waals surface area contributed by atoms with Crippen LogP contribution in [0.15, 0.2) is 6.33 Å². The van der Waals surface area contributed by atoms with Crippen molar-refractivity contribution in [2.24, 2.45) is 5.73 Å². The second kappa shape index (κ2) is 8.80. The zero-order valence-corrected chi connectivity index (χ0v) is 18.4. The molecule has 1 aliphatic heterocycles. The number of aryl methyl sites for hydroxylation is 1. The minimum Gasteiger partial charge on any atom is -0.474 e. The van der Waals surface area contributed by atoms with E-state index in [-0.39, 0.29) is 12.0 Å². The van der Waals surface area contributed by atoms with Crippen LogP contribution in [0.4, 0.5) is 0 Å². The number of rotatable bonds is 5. The standard InChI is InChI=1S/C22H28N4O4S/c23-20(28)16(27)11-13-1-6-17-18(13)19-21(24-12-25-22(19)31-17)30-15-4-2-14(3-5-15)26-7-9-29-10-8-26/h12-13,15-16,27H,1-11H2,(H-,23,28)/p+1. The molecule has 2 aromatic rings. The molecule has 3 aliphatic rings. The van der Waals surface area contributed by atoms with Crippen LogP contribution in [0.3, 0.4) is 0 Å². The molecule has 2 unspecified atom stereocenters. The largest absolute Gasteiger partial charge is 0.474 e. The molecule has 31 heavy (non-hydrogen) atoms. The number of amides is 1. The number of aromatic nitrogens is 2. The fourth-order valence-corrected chi connectivity index (χ4v) is 6.38. The van der Waals surface area contributed by atoms with Gasteiger partial charge in [-0.3, -0.25) is 4.79 Å². The van der Waals surface area contributed by atoms with Gasteiger partial charge in [-0.2, -0.15) is 0 Å². The molecule has 3 heterocycles. The van der Waals surface area contributed by atoms with Crippen LogP contribution in [0.1, 0.15) is 54.9 Å². The lowest BCUT2D eigenvalue weighted by Gasteiger charge is -2.25. The number of aliphatic hydroxyl groups is 1. The van der Waals surface area contributed by atoms with Crippen molar-refractivity contribution in [1.29, 1.82) is 0 Å². The molecule has 0 spiro atoms. The third kappa shape index (κ3) is 4.18. The van der Waals surface area contributed by atoms with Crippen LogP contribution in [0.5, 0.6) is 5.88 Å². The van der Waals surface area contributed by atoms with Crippen LogP contribution in [0.25, 0.3) is 10.2 Å². The Balaban J connectivity index is 1.35. The van der Waals surface area contributed by atoms with Crippen molar-refractivity contribution in [3.8, 4) is 5.88 Å². The Morgan fingerprint density at radius 3 is 2.77 bits per heavy atom. The van der Waals surface area contributed by atoms with Gasteiger partial charge in [-0.05, 0) is 43.6 Å². The number of carbonyl (C=O) groups is 1. The van der Waals surface area contributed by atoms with Crippen LogP contribution in [-0.2, 0) is 16.0 Å². The van der Waals surface area contributed by atoms with Gasteiger partial charge >= 0.3 is 0 Å². The van der Waals surface area contributed by atoms with Gasteiger partial charge in [0.2, 0.25) is 11.8 Å². The zero-order chi connectivity index (χ0) is 21.4. The maximum Gasteiger partial charge on any atom is 0.246 e. The number of hydrogen-bond donors (Lipinski definition) is 2. The number of aliphatic hydroxyl groups excluding tert-OH is 1. The predicted octanol–water partition coefficient (Wildman–Crippen LogP) is 1.76. The van der Waals surface area contributed by atoms with E-state index in [0.717, 1.165) is 80.6 Å². The molecule has 0 bridgehead atoms. The van der Waals surface area contributed by atoms with Gasteiger partial charge in [0.15, 0.2) is 18.8 Å².